The van der Waals surface area contributed by atoms with Gasteiger partial charge in [0.2, 0.25) is 5.88 Å². The lowest BCUT2D eigenvalue weighted by molar-refractivity contribution is 0.132. The van der Waals surface area contributed by atoms with E-state index >= 15 is 4.39 Å². The van der Waals surface area contributed by atoms with E-state index in [0.717, 1.165) is 50.6 Å². The Bertz CT molecular complexity index is 1400. The summed E-state index contributed by atoms with van der Waals surface area (Å²) in [5.74, 6) is -0.236. The number of piperazine rings is 1. The summed E-state index contributed by atoms with van der Waals surface area (Å²) in [5.41, 5.74) is 3.63. The molecule has 8 nitrogen and oxygen atoms in total. The van der Waals surface area contributed by atoms with Crippen molar-refractivity contribution in [1.29, 1.82) is 5.26 Å². The van der Waals surface area contributed by atoms with Gasteiger partial charge in [0.15, 0.2) is 22.9 Å². The second kappa shape index (κ2) is 10.3. The predicted molar refractivity (Wildman–Crippen MR) is 137 cm³/mol. The van der Waals surface area contributed by atoms with Crippen molar-refractivity contribution < 1.29 is 9.13 Å². The van der Waals surface area contributed by atoms with Crippen LogP contribution in [0.4, 0.5) is 15.9 Å². The molecule has 0 amide bonds. The Kier molecular flexibility index (Phi) is 6.80. The van der Waals surface area contributed by atoms with E-state index in [1.54, 1.807) is 12.1 Å². The maximum absolute atomic E-state index is 15.0. The lowest BCUT2D eigenvalue weighted by Crippen LogP contribution is -2.45. The first-order valence-corrected chi connectivity index (χ1v) is 12.1. The Hall–Kier alpha value is -4.00. The van der Waals surface area contributed by atoms with E-state index in [0.29, 0.717) is 16.7 Å². The molecule has 4 aromatic rings. The van der Waals surface area contributed by atoms with Crippen LogP contribution in [-0.2, 0) is 6.54 Å². The molecule has 2 aromatic carbocycles. The van der Waals surface area contributed by atoms with Gasteiger partial charge in [-0.05, 0) is 49.4 Å². The van der Waals surface area contributed by atoms with Crippen molar-refractivity contribution in [2.75, 3.05) is 38.0 Å². The Morgan fingerprint density at radius 2 is 1.83 bits per heavy atom. The third kappa shape index (κ3) is 5.00. The van der Waals surface area contributed by atoms with Crippen molar-refractivity contribution in [3.05, 3.63) is 71.4 Å². The zero-order valence-electron chi connectivity index (χ0n) is 20.4. The summed E-state index contributed by atoms with van der Waals surface area (Å²) in [4.78, 5) is 16.3. The van der Waals surface area contributed by atoms with E-state index in [9.17, 15) is 5.26 Å². The third-order valence-corrected chi connectivity index (χ3v) is 6.50. The minimum absolute atomic E-state index is 0.00762. The van der Waals surface area contributed by atoms with Crippen molar-refractivity contribution in [2.24, 2.45) is 0 Å². The Labute approximate surface area is 209 Å². The van der Waals surface area contributed by atoms with Crippen molar-refractivity contribution in [1.82, 2.24) is 24.8 Å². The van der Waals surface area contributed by atoms with Crippen LogP contribution in [0.25, 0.3) is 10.9 Å². The number of ether oxygens (including phenoxy) is 1. The van der Waals surface area contributed by atoms with E-state index in [1.807, 2.05) is 19.1 Å². The van der Waals surface area contributed by atoms with Gasteiger partial charge in [-0.2, -0.15) is 5.26 Å². The summed E-state index contributed by atoms with van der Waals surface area (Å²) in [7, 11) is 0. The molecule has 0 atom stereocenters. The average Bonchev–Trinajstić information content (AvgIpc) is 3.29. The second-order valence-electron chi connectivity index (χ2n) is 8.94. The molecule has 0 aliphatic carbocycles. The molecule has 2 aromatic heterocycles. The van der Waals surface area contributed by atoms with Crippen LogP contribution in [0, 0.1) is 24.1 Å². The standard InChI is InChI=1S/C27H28FN7O/c1-3-34-10-12-35(13-11-34)16-19-4-6-20(7-5-19)33-26-22(15-29)27(31-17-30-26)36-24-9-8-23-21(25(24)28)14-18(2)32-23/h4-9,14,17,32H,3,10-13,16H2,1-2H3,(H,30,31,33). The number of H-pyrrole nitrogens is 1. The van der Waals surface area contributed by atoms with Gasteiger partial charge in [0.05, 0.1) is 0 Å². The Balaban J connectivity index is 1.30. The van der Waals surface area contributed by atoms with E-state index in [4.69, 9.17) is 4.74 Å². The summed E-state index contributed by atoms with van der Waals surface area (Å²) in [6.45, 7) is 10.4. The van der Waals surface area contributed by atoms with Crippen LogP contribution in [0.3, 0.4) is 0 Å². The number of rotatable bonds is 7. The molecule has 0 bridgehead atoms. The van der Waals surface area contributed by atoms with Crippen molar-refractivity contribution in [3.63, 3.8) is 0 Å². The smallest absolute Gasteiger partial charge is 0.242 e. The number of hydrogen-bond donors (Lipinski definition) is 2. The van der Waals surface area contributed by atoms with E-state index in [-0.39, 0.29) is 17.2 Å². The van der Waals surface area contributed by atoms with Gasteiger partial charge >= 0.3 is 0 Å². The quantitative estimate of drug-likeness (QED) is 0.383. The van der Waals surface area contributed by atoms with Crippen molar-refractivity contribution in [3.8, 4) is 17.7 Å². The number of nitrogens with zero attached hydrogens (tertiary/aromatic N) is 5. The molecular weight excluding hydrogens is 457 g/mol. The number of nitrogens with one attached hydrogen (secondary N) is 2. The van der Waals surface area contributed by atoms with Gasteiger partial charge in [-0.1, -0.05) is 19.1 Å². The molecule has 36 heavy (non-hydrogen) atoms. The lowest BCUT2D eigenvalue weighted by atomic mass is 10.1. The average molecular weight is 486 g/mol. The molecule has 1 fully saturated rings. The maximum atomic E-state index is 15.0. The highest BCUT2D eigenvalue weighted by Crippen LogP contribution is 2.33. The van der Waals surface area contributed by atoms with Gasteiger partial charge in [-0.25, -0.2) is 14.4 Å². The number of fused-ring (bicyclic) bond motifs is 1. The fourth-order valence-electron chi connectivity index (χ4n) is 4.47. The molecule has 0 spiro atoms. The molecule has 9 heteroatoms. The number of benzene rings is 2. The zero-order chi connectivity index (χ0) is 25.1. The van der Waals surface area contributed by atoms with Crippen LogP contribution in [0.15, 0.2) is 48.8 Å². The largest absolute Gasteiger partial charge is 0.434 e. The van der Waals surface area contributed by atoms with Crippen LogP contribution in [0.5, 0.6) is 11.6 Å². The topological polar surface area (TPSA) is 93.1 Å². The van der Waals surface area contributed by atoms with Gasteiger partial charge in [0, 0.05) is 55.0 Å². The summed E-state index contributed by atoms with van der Waals surface area (Å²) in [6.07, 6.45) is 1.29. The highest BCUT2D eigenvalue weighted by atomic mass is 19.1. The van der Waals surface area contributed by atoms with Crippen LogP contribution < -0.4 is 10.1 Å². The molecule has 1 aliphatic heterocycles. The fraction of sp³-hybridized carbons (Fsp3) is 0.296. The molecule has 5 rings (SSSR count). The Morgan fingerprint density at radius 3 is 2.56 bits per heavy atom. The summed E-state index contributed by atoms with van der Waals surface area (Å²) in [5, 5.41) is 13.4. The Morgan fingerprint density at radius 1 is 1.08 bits per heavy atom. The van der Waals surface area contributed by atoms with Gasteiger partial charge in [0.1, 0.15) is 12.4 Å². The van der Waals surface area contributed by atoms with Gasteiger partial charge in [-0.3, -0.25) is 4.90 Å². The zero-order valence-corrected chi connectivity index (χ0v) is 20.4. The number of aryl methyl sites for hydroxylation is 1. The van der Waals surface area contributed by atoms with E-state index in [2.05, 4.69) is 55.2 Å². The van der Waals surface area contributed by atoms with Crippen molar-refractivity contribution in [2.45, 2.75) is 20.4 Å². The second-order valence-corrected chi connectivity index (χ2v) is 8.94. The maximum Gasteiger partial charge on any atom is 0.242 e. The SMILES string of the molecule is CCN1CCN(Cc2ccc(Nc3ncnc(Oc4ccc5[nH]c(C)cc5c4F)c3C#N)cc2)CC1. The fourth-order valence-corrected chi connectivity index (χ4v) is 4.47. The number of nitriles is 1. The molecule has 184 valence electrons. The van der Waals surface area contributed by atoms with Gasteiger partial charge < -0.3 is 19.9 Å². The molecular formula is C27H28FN7O. The molecule has 0 unspecified atom stereocenters. The molecule has 2 N–H and O–H groups in total. The molecule has 0 saturated carbocycles. The van der Waals surface area contributed by atoms with Crippen LogP contribution >= 0.6 is 0 Å². The number of likely N-dealkylation sites (N-methyl/N-ethyl adjacent to an activating group) is 1. The molecule has 0 radical (unpaired) electrons. The first kappa shape index (κ1) is 23.7. The first-order chi connectivity index (χ1) is 17.5. The minimum atomic E-state index is -0.513. The van der Waals surface area contributed by atoms with E-state index in [1.165, 1.54) is 18.0 Å². The van der Waals surface area contributed by atoms with E-state index < -0.39 is 5.82 Å². The van der Waals surface area contributed by atoms with Gasteiger partial charge in [0.25, 0.3) is 0 Å². The monoisotopic (exact) mass is 485 g/mol. The van der Waals surface area contributed by atoms with Crippen LogP contribution in [0.2, 0.25) is 0 Å². The van der Waals surface area contributed by atoms with Crippen LogP contribution in [0.1, 0.15) is 23.7 Å². The number of aromatic amines is 1. The number of hydrogen-bond acceptors (Lipinski definition) is 7. The lowest BCUT2D eigenvalue weighted by Gasteiger charge is -2.34. The third-order valence-electron chi connectivity index (χ3n) is 6.50. The van der Waals surface area contributed by atoms with Crippen molar-refractivity contribution >= 4 is 22.4 Å². The number of anilines is 2. The molecule has 1 aliphatic rings. The predicted octanol–water partition coefficient (Wildman–Crippen LogP) is 4.95. The normalized spacial score (nSPS) is 14.6. The number of halogens is 1. The molecule has 3 heterocycles. The summed E-state index contributed by atoms with van der Waals surface area (Å²) < 4.78 is 20.7. The highest BCUT2D eigenvalue weighted by Gasteiger charge is 2.18. The first-order valence-electron chi connectivity index (χ1n) is 12.1. The van der Waals surface area contributed by atoms with Crippen LogP contribution in [-0.4, -0.2) is 57.5 Å². The highest BCUT2D eigenvalue weighted by molar-refractivity contribution is 5.83. The molecule has 1 saturated heterocycles. The minimum Gasteiger partial charge on any atom is -0.434 e. The summed E-state index contributed by atoms with van der Waals surface area (Å²) >= 11 is 0. The summed E-state index contributed by atoms with van der Waals surface area (Å²) in [6, 6.07) is 15.1. The number of aromatic nitrogens is 3. The van der Waals surface area contributed by atoms with Gasteiger partial charge in [-0.15, -0.1) is 0 Å².